The van der Waals surface area contributed by atoms with Gasteiger partial charge in [-0.15, -0.1) is 12.4 Å². The van der Waals surface area contributed by atoms with Gasteiger partial charge < -0.3 is 15.8 Å². The monoisotopic (exact) mass is 278 g/mol. The number of ether oxygens (including phenoxy) is 1. The lowest BCUT2D eigenvalue weighted by Crippen LogP contribution is -2.44. The molecule has 0 atom stereocenters. The molecule has 18 heavy (non-hydrogen) atoms. The normalized spacial score (nSPS) is 16.8. The first kappa shape index (κ1) is 17.2. The maximum atomic E-state index is 12.0. The quantitative estimate of drug-likeness (QED) is 0.710. The summed E-state index contributed by atoms with van der Waals surface area (Å²) in [5.74, 6) is -0.289. The third kappa shape index (κ3) is 4.46. The van der Waals surface area contributed by atoms with Crippen molar-refractivity contribution in [2.75, 3.05) is 19.7 Å². The molecule has 0 heterocycles. The standard InChI is InChI=1S/C12H22N2O3.ClH/c1-2-17-10(15)5-8-14-11(16)12(9-13)6-3-4-7-12;/h2-9,13H2,1H3,(H,14,16);1H. The van der Waals surface area contributed by atoms with Gasteiger partial charge in [0.2, 0.25) is 5.91 Å². The fourth-order valence-electron chi connectivity index (χ4n) is 2.27. The van der Waals surface area contributed by atoms with Crippen LogP contribution in [0.15, 0.2) is 0 Å². The topological polar surface area (TPSA) is 81.4 Å². The minimum Gasteiger partial charge on any atom is -0.466 e. The lowest BCUT2D eigenvalue weighted by molar-refractivity contribution is -0.143. The van der Waals surface area contributed by atoms with Crippen LogP contribution in [0, 0.1) is 5.41 Å². The van der Waals surface area contributed by atoms with Gasteiger partial charge in [-0.2, -0.15) is 0 Å². The molecule has 0 saturated heterocycles. The third-order valence-corrected chi connectivity index (χ3v) is 3.35. The molecule has 1 amide bonds. The molecule has 1 fully saturated rings. The Hall–Kier alpha value is -0.810. The number of hydrogen-bond donors (Lipinski definition) is 2. The van der Waals surface area contributed by atoms with Crippen LogP contribution in [-0.4, -0.2) is 31.6 Å². The molecule has 1 aliphatic rings. The number of amides is 1. The average molecular weight is 279 g/mol. The van der Waals surface area contributed by atoms with Gasteiger partial charge in [0.05, 0.1) is 18.4 Å². The molecule has 106 valence electrons. The molecule has 6 heteroatoms. The van der Waals surface area contributed by atoms with Crippen molar-refractivity contribution in [1.29, 1.82) is 0 Å². The zero-order valence-corrected chi connectivity index (χ0v) is 11.7. The van der Waals surface area contributed by atoms with Crippen molar-refractivity contribution in [2.45, 2.75) is 39.0 Å². The maximum absolute atomic E-state index is 12.0. The Morgan fingerprint density at radius 3 is 2.44 bits per heavy atom. The van der Waals surface area contributed by atoms with Crippen molar-refractivity contribution in [1.82, 2.24) is 5.32 Å². The van der Waals surface area contributed by atoms with Crippen LogP contribution in [0.1, 0.15) is 39.0 Å². The zero-order chi connectivity index (χ0) is 12.7. The Labute approximate surface area is 114 Å². The van der Waals surface area contributed by atoms with E-state index in [4.69, 9.17) is 10.5 Å². The van der Waals surface area contributed by atoms with E-state index in [0.717, 1.165) is 25.7 Å². The van der Waals surface area contributed by atoms with Crippen LogP contribution in [-0.2, 0) is 14.3 Å². The van der Waals surface area contributed by atoms with E-state index in [2.05, 4.69) is 5.32 Å². The molecule has 0 bridgehead atoms. The smallest absolute Gasteiger partial charge is 0.307 e. The van der Waals surface area contributed by atoms with Crippen molar-refractivity contribution in [3.05, 3.63) is 0 Å². The van der Waals surface area contributed by atoms with Crippen LogP contribution in [0.5, 0.6) is 0 Å². The lowest BCUT2D eigenvalue weighted by Gasteiger charge is -2.25. The van der Waals surface area contributed by atoms with E-state index >= 15 is 0 Å². The summed E-state index contributed by atoms with van der Waals surface area (Å²) in [6, 6.07) is 0. The molecule has 1 saturated carbocycles. The van der Waals surface area contributed by atoms with Crippen LogP contribution in [0.2, 0.25) is 0 Å². The minimum atomic E-state index is -0.394. The number of carbonyl (C=O) groups excluding carboxylic acids is 2. The highest BCUT2D eigenvalue weighted by molar-refractivity contribution is 5.85. The van der Waals surface area contributed by atoms with Crippen molar-refractivity contribution in [3.63, 3.8) is 0 Å². The van der Waals surface area contributed by atoms with E-state index in [-0.39, 0.29) is 30.7 Å². The van der Waals surface area contributed by atoms with E-state index in [1.807, 2.05) is 0 Å². The van der Waals surface area contributed by atoms with Crippen molar-refractivity contribution in [2.24, 2.45) is 11.1 Å². The molecule has 0 radical (unpaired) electrons. The van der Waals surface area contributed by atoms with Crippen molar-refractivity contribution in [3.8, 4) is 0 Å². The summed E-state index contributed by atoms with van der Waals surface area (Å²) in [6.45, 7) is 2.86. The molecule has 0 unspecified atom stereocenters. The molecule has 0 aromatic rings. The van der Waals surface area contributed by atoms with Gasteiger partial charge in [-0.05, 0) is 19.8 Å². The number of halogens is 1. The highest BCUT2D eigenvalue weighted by Crippen LogP contribution is 2.37. The maximum Gasteiger partial charge on any atom is 0.307 e. The number of nitrogens with one attached hydrogen (secondary N) is 1. The Morgan fingerprint density at radius 1 is 1.33 bits per heavy atom. The number of esters is 1. The number of nitrogens with two attached hydrogens (primary N) is 1. The van der Waals surface area contributed by atoms with Gasteiger partial charge in [-0.1, -0.05) is 12.8 Å². The average Bonchev–Trinajstić information content (AvgIpc) is 2.79. The van der Waals surface area contributed by atoms with Crippen molar-refractivity contribution < 1.29 is 14.3 Å². The number of rotatable bonds is 6. The van der Waals surface area contributed by atoms with Crippen molar-refractivity contribution >= 4 is 24.3 Å². The van der Waals surface area contributed by atoms with Gasteiger partial charge in [-0.3, -0.25) is 9.59 Å². The molecule has 5 nitrogen and oxygen atoms in total. The molecular weight excluding hydrogens is 256 g/mol. The Morgan fingerprint density at radius 2 is 1.94 bits per heavy atom. The molecule has 0 aliphatic heterocycles. The van der Waals surface area contributed by atoms with E-state index in [1.54, 1.807) is 6.92 Å². The van der Waals surface area contributed by atoms with Gasteiger partial charge in [0, 0.05) is 13.1 Å². The SMILES string of the molecule is CCOC(=O)CCNC(=O)C1(CN)CCCC1.Cl. The van der Waals surface area contributed by atoms with E-state index < -0.39 is 5.41 Å². The second kappa shape index (κ2) is 8.32. The van der Waals surface area contributed by atoms with E-state index in [0.29, 0.717) is 19.7 Å². The lowest BCUT2D eigenvalue weighted by atomic mass is 9.85. The fraction of sp³-hybridized carbons (Fsp3) is 0.833. The van der Waals surface area contributed by atoms with Crippen LogP contribution in [0.3, 0.4) is 0 Å². The summed E-state index contributed by atoms with van der Waals surface area (Å²) in [5, 5.41) is 2.79. The van der Waals surface area contributed by atoms with E-state index in [1.165, 1.54) is 0 Å². The van der Waals surface area contributed by atoms with Gasteiger partial charge in [0.1, 0.15) is 0 Å². The first-order valence-electron chi connectivity index (χ1n) is 6.28. The first-order valence-corrected chi connectivity index (χ1v) is 6.28. The molecule has 1 aliphatic carbocycles. The summed E-state index contributed by atoms with van der Waals surface area (Å²) in [7, 11) is 0. The van der Waals surface area contributed by atoms with Gasteiger partial charge in [-0.25, -0.2) is 0 Å². The van der Waals surface area contributed by atoms with Gasteiger partial charge in [0.15, 0.2) is 0 Å². The molecule has 0 aromatic heterocycles. The molecule has 3 N–H and O–H groups in total. The van der Waals surface area contributed by atoms with Crippen LogP contribution >= 0.6 is 12.4 Å². The van der Waals surface area contributed by atoms with Gasteiger partial charge >= 0.3 is 5.97 Å². The highest BCUT2D eigenvalue weighted by Gasteiger charge is 2.39. The van der Waals surface area contributed by atoms with Crippen LogP contribution in [0.4, 0.5) is 0 Å². The molecule has 1 rings (SSSR count). The van der Waals surface area contributed by atoms with Crippen LogP contribution < -0.4 is 11.1 Å². The summed E-state index contributed by atoms with van der Waals surface area (Å²) in [5.41, 5.74) is 5.30. The largest absolute Gasteiger partial charge is 0.466 e. The molecule has 0 spiro atoms. The molecular formula is C12H23ClN2O3. The predicted molar refractivity (Wildman–Crippen MR) is 71.5 cm³/mol. The third-order valence-electron chi connectivity index (χ3n) is 3.35. The molecule has 0 aromatic carbocycles. The Kier molecular flexibility index (Phi) is 7.95. The Bertz CT molecular complexity index is 278. The van der Waals surface area contributed by atoms with Gasteiger partial charge in [0.25, 0.3) is 0 Å². The van der Waals surface area contributed by atoms with Crippen LogP contribution in [0.25, 0.3) is 0 Å². The second-order valence-electron chi connectivity index (χ2n) is 4.50. The number of carbonyl (C=O) groups is 2. The summed E-state index contributed by atoms with van der Waals surface area (Å²) in [4.78, 5) is 23.1. The first-order chi connectivity index (χ1) is 8.14. The fourth-order valence-corrected chi connectivity index (χ4v) is 2.27. The summed E-state index contributed by atoms with van der Waals surface area (Å²) in [6.07, 6.45) is 4.05. The number of hydrogen-bond acceptors (Lipinski definition) is 4. The van der Waals surface area contributed by atoms with E-state index in [9.17, 15) is 9.59 Å². The summed E-state index contributed by atoms with van der Waals surface area (Å²) < 4.78 is 4.79. The minimum absolute atomic E-state index is 0. The zero-order valence-electron chi connectivity index (χ0n) is 10.9. The Balaban J connectivity index is 0.00000289. The highest BCUT2D eigenvalue weighted by atomic mass is 35.5. The predicted octanol–water partition coefficient (Wildman–Crippen LogP) is 0.997. The summed E-state index contributed by atoms with van der Waals surface area (Å²) >= 11 is 0. The second-order valence-corrected chi connectivity index (χ2v) is 4.50.